The predicted molar refractivity (Wildman–Crippen MR) is 75.0 cm³/mol. The fourth-order valence-corrected chi connectivity index (χ4v) is 2.04. The number of benzene rings is 1. The second-order valence-corrected chi connectivity index (χ2v) is 4.72. The third-order valence-electron chi connectivity index (χ3n) is 2.93. The summed E-state index contributed by atoms with van der Waals surface area (Å²) in [5, 5.41) is 4.07. The minimum atomic E-state index is 0.0927. The molecule has 1 heterocycles. The highest BCUT2D eigenvalue weighted by Gasteiger charge is 2.10. The van der Waals surface area contributed by atoms with Gasteiger partial charge < -0.3 is 5.32 Å². The summed E-state index contributed by atoms with van der Waals surface area (Å²) in [5.74, 6) is 0.769. The minimum absolute atomic E-state index is 0.0927. The van der Waals surface area contributed by atoms with Gasteiger partial charge in [0, 0.05) is 5.02 Å². The summed E-state index contributed by atoms with van der Waals surface area (Å²) in [7, 11) is 0. The Morgan fingerprint density at radius 1 is 1.17 bits per heavy atom. The molecule has 0 saturated carbocycles. The molecular weight excluding hydrogens is 246 g/mol. The van der Waals surface area contributed by atoms with Crippen LogP contribution in [0.25, 0.3) is 0 Å². The van der Waals surface area contributed by atoms with E-state index in [0.717, 1.165) is 27.8 Å². The van der Waals surface area contributed by atoms with Crippen LogP contribution in [-0.4, -0.2) is 9.97 Å². The van der Waals surface area contributed by atoms with Gasteiger partial charge in [0.1, 0.15) is 5.82 Å². The Kier molecular flexibility index (Phi) is 3.82. The zero-order valence-electron chi connectivity index (χ0n) is 10.7. The Labute approximate surface area is 112 Å². The third kappa shape index (κ3) is 2.79. The third-order valence-corrected chi connectivity index (χ3v) is 3.27. The molecule has 0 fully saturated rings. The zero-order chi connectivity index (χ0) is 13.1. The number of halogens is 1. The molecule has 3 nitrogen and oxygen atoms in total. The van der Waals surface area contributed by atoms with Crippen molar-refractivity contribution in [3.05, 3.63) is 52.4 Å². The first kappa shape index (κ1) is 12.8. The molecule has 1 aromatic carbocycles. The molecule has 1 N–H and O–H groups in total. The molecule has 0 bridgehead atoms. The van der Waals surface area contributed by atoms with Gasteiger partial charge in [-0.05, 0) is 32.4 Å². The molecular formula is C14H16ClN3. The lowest BCUT2D eigenvalue weighted by Crippen LogP contribution is -2.09. The number of hydrogen-bond donors (Lipinski definition) is 1. The summed E-state index contributed by atoms with van der Waals surface area (Å²) in [5.41, 5.74) is 2.94. The van der Waals surface area contributed by atoms with Crippen LogP contribution in [0, 0.1) is 13.8 Å². The maximum Gasteiger partial charge on any atom is 0.145 e. The molecule has 1 atom stereocenters. The highest BCUT2D eigenvalue weighted by Crippen LogP contribution is 2.24. The zero-order valence-corrected chi connectivity index (χ0v) is 11.5. The lowest BCUT2D eigenvalue weighted by molar-refractivity contribution is 0.865. The first-order valence-corrected chi connectivity index (χ1v) is 6.27. The van der Waals surface area contributed by atoms with E-state index in [0.29, 0.717) is 0 Å². The molecule has 2 rings (SSSR count). The van der Waals surface area contributed by atoms with Crippen molar-refractivity contribution in [1.29, 1.82) is 0 Å². The van der Waals surface area contributed by atoms with Crippen molar-refractivity contribution in [2.24, 2.45) is 0 Å². The van der Waals surface area contributed by atoms with Gasteiger partial charge in [0.25, 0.3) is 0 Å². The van der Waals surface area contributed by atoms with Crippen LogP contribution in [0.5, 0.6) is 0 Å². The number of anilines is 1. The van der Waals surface area contributed by atoms with Crippen molar-refractivity contribution in [3.63, 3.8) is 0 Å². The predicted octanol–water partition coefficient (Wildman–Crippen LogP) is 3.92. The average molecular weight is 262 g/mol. The van der Waals surface area contributed by atoms with Crippen molar-refractivity contribution in [2.45, 2.75) is 26.8 Å². The van der Waals surface area contributed by atoms with E-state index in [4.69, 9.17) is 11.6 Å². The van der Waals surface area contributed by atoms with E-state index in [1.807, 2.05) is 38.1 Å². The molecule has 0 saturated heterocycles. The average Bonchev–Trinajstić information content (AvgIpc) is 2.34. The summed E-state index contributed by atoms with van der Waals surface area (Å²) in [6, 6.07) is 7.89. The summed E-state index contributed by atoms with van der Waals surface area (Å²) >= 11 is 6.17. The maximum atomic E-state index is 6.17. The van der Waals surface area contributed by atoms with Crippen molar-refractivity contribution in [2.75, 3.05) is 5.32 Å². The lowest BCUT2D eigenvalue weighted by Gasteiger charge is -2.16. The van der Waals surface area contributed by atoms with E-state index in [1.165, 1.54) is 0 Å². The van der Waals surface area contributed by atoms with E-state index in [-0.39, 0.29) is 6.04 Å². The molecule has 0 aliphatic rings. The van der Waals surface area contributed by atoms with Crippen LogP contribution in [0.3, 0.4) is 0 Å². The number of aryl methyl sites for hydroxylation is 2. The number of hydrogen-bond acceptors (Lipinski definition) is 3. The van der Waals surface area contributed by atoms with Gasteiger partial charge in [0.05, 0.1) is 23.6 Å². The normalized spacial score (nSPS) is 12.2. The Morgan fingerprint density at radius 2 is 1.89 bits per heavy atom. The second-order valence-electron chi connectivity index (χ2n) is 4.31. The van der Waals surface area contributed by atoms with Gasteiger partial charge in [0.2, 0.25) is 0 Å². The van der Waals surface area contributed by atoms with Crippen LogP contribution in [0.15, 0.2) is 30.5 Å². The molecule has 4 heteroatoms. The molecule has 94 valence electrons. The Balaban J connectivity index is 2.19. The Hall–Kier alpha value is -1.61. The van der Waals surface area contributed by atoms with E-state index >= 15 is 0 Å². The topological polar surface area (TPSA) is 37.8 Å². The first-order valence-electron chi connectivity index (χ1n) is 5.89. The summed E-state index contributed by atoms with van der Waals surface area (Å²) in [6.07, 6.45) is 1.75. The van der Waals surface area contributed by atoms with E-state index in [1.54, 1.807) is 6.20 Å². The molecule has 0 spiro atoms. The fraction of sp³-hybridized carbons (Fsp3) is 0.286. The molecule has 2 aromatic rings. The van der Waals surface area contributed by atoms with E-state index in [2.05, 4.69) is 22.2 Å². The number of nitrogens with one attached hydrogen (secondary N) is 1. The summed E-state index contributed by atoms with van der Waals surface area (Å²) in [4.78, 5) is 8.74. The van der Waals surface area contributed by atoms with Gasteiger partial charge in [0.15, 0.2) is 0 Å². The van der Waals surface area contributed by atoms with Crippen LogP contribution < -0.4 is 5.32 Å². The first-order chi connectivity index (χ1) is 8.58. The van der Waals surface area contributed by atoms with Gasteiger partial charge in [-0.25, -0.2) is 4.98 Å². The van der Waals surface area contributed by atoms with Crippen LogP contribution in [0.2, 0.25) is 5.02 Å². The molecule has 0 radical (unpaired) electrons. The summed E-state index contributed by atoms with van der Waals surface area (Å²) in [6.45, 7) is 5.95. The van der Waals surface area contributed by atoms with Gasteiger partial charge in [-0.1, -0.05) is 29.8 Å². The highest BCUT2D eigenvalue weighted by atomic mass is 35.5. The standard InChI is InChI=1S/C14H16ClN3/c1-9-10(2)17-14(8-16-9)18-11(3)12-6-4-5-7-13(12)15/h4-8,11H,1-3H3,(H,17,18). The maximum absolute atomic E-state index is 6.17. The van der Waals surface area contributed by atoms with Crippen LogP contribution in [-0.2, 0) is 0 Å². The largest absolute Gasteiger partial charge is 0.362 e. The van der Waals surface area contributed by atoms with Crippen LogP contribution in [0.1, 0.15) is 29.9 Å². The fourth-order valence-electron chi connectivity index (χ4n) is 1.74. The van der Waals surface area contributed by atoms with Crippen molar-refractivity contribution in [3.8, 4) is 0 Å². The number of aromatic nitrogens is 2. The monoisotopic (exact) mass is 261 g/mol. The van der Waals surface area contributed by atoms with Gasteiger partial charge in [-0.2, -0.15) is 0 Å². The minimum Gasteiger partial charge on any atom is -0.362 e. The second kappa shape index (κ2) is 5.36. The van der Waals surface area contributed by atoms with Crippen LogP contribution >= 0.6 is 11.6 Å². The quantitative estimate of drug-likeness (QED) is 0.910. The van der Waals surface area contributed by atoms with Crippen molar-refractivity contribution < 1.29 is 0 Å². The van der Waals surface area contributed by atoms with Gasteiger partial charge >= 0.3 is 0 Å². The smallest absolute Gasteiger partial charge is 0.145 e. The van der Waals surface area contributed by atoms with Gasteiger partial charge in [-0.3, -0.25) is 4.98 Å². The van der Waals surface area contributed by atoms with Crippen molar-refractivity contribution in [1.82, 2.24) is 9.97 Å². The highest BCUT2D eigenvalue weighted by molar-refractivity contribution is 6.31. The molecule has 1 aromatic heterocycles. The lowest BCUT2D eigenvalue weighted by atomic mass is 10.1. The van der Waals surface area contributed by atoms with Gasteiger partial charge in [-0.15, -0.1) is 0 Å². The molecule has 0 aliphatic carbocycles. The Morgan fingerprint density at radius 3 is 2.56 bits per heavy atom. The SMILES string of the molecule is Cc1ncc(NC(C)c2ccccc2Cl)nc1C. The van der Waals surface area contributed by atoms with E-state index < -0.39 is 0 Å². The molecule has 1 unspecified atom stereocenters. The molecule has 0 aliphatic heterocycles. The van der Waals surface area contributed by atoms with Crippen LogP contribution in [0.4, 0.5) is 5.82 Å². The summed E-state index contributed by atoms with van der Waals surface area (Å²) < 4.78 is 0. The molecule has 18 heavy (non-hydrogen) atoms. The number of rotatable bonds is 3. The van der Waals surface area contributed by atoms with Crippen molar-refractivity contribution >= 4 is 17.4 Å². The van der Waals surface area contributed by atoms with E-state index in [9.17, 15) is 0 Å². The molecule has 0 amide bonds. The Bertz CT molecular complexity index is 554. The number of nitrogens with zero attached hydrogens (tertiary/aromatic N) is 2.